The van der Waals surface area contributed by atoms with Crippen LogP contribution in [0.1, 0.15) is 17.1 Å². The third-order valence-electron chi connectivity index (χ3n) is 4.72. The number of imidazole rings is 1. The fourth-order valence-electron chi connectivity index (χ4n) is 3.13. The molecule has 0 saturated carbocycles. The first-order valence-corrected chi connectivity index (χ1v) is 9.76. The summed E-state index contributed by atoms with van der Waals surface area (Å²) in [5.74, 6) is 2.01. The molecule has 0 fully saturated rings. The number of nitrogens with zero attached hydrogens (tertiary/aromatic N) is 6. The van der Waals surface area contributed by atoms with Gasteiger partial charge >= 0.3 is 0 Å². The van der Waals surface area contributed by atoms with E-state index in [0.29, 0.717) is 23.2 Å². The van der Waals surface area contributed by atoms with Gasteiger partial charge in [0.1, 0.15) is 17.9 Å². The fourth-order valence-corrected chi connectivity index (χ4v) is 3.25. The molecule has 2 heterocycles. The molecule has 0 radical (unpaired) electrons. The van der Waals surface area contributed by atoms with Crippen molar-refractivity contribution in [2.24, 2.45) is 0 Å². The van der Waals surface area contributed by atoms with E-state index >= 15 is 0 Å². The molecule has 0 aliphatic heterocycles. The van der Waals surface area contributed by atoms with Crippen LogP contribution in [-0.2, 0) is 6.42 Å². The molecule has 0 aliphatic carbocycles. The first-order valence-electron chi connectivity index (χ1n) is 9.38. The van der Waals surface area contributed by atoms with Gasteiger partial charge in [-0.15, -0.1) is 0 Å². The Balaban J connectivity index is 1.57. The maximum Gasteiger partial charge on any atom is 0.232 e. The molecule has 2 aromatic heterocycles. The van der Waals surface area contributed by atoms with Crippen molar-refractivity contribution in [2.45, 2.75) is 13.3 Å². The third-order valence-corrected chi connectivity index (χ3v) is 4.97. The minimum absolute atomic E-state index is 0.559. The number of methoxy groups -OCH3 is 1. The minimum Gasteiger partial charge on any atom is -0.495 e. The summed E-state index contributed by atoms with van der Waals surface area (Å²) in [5.41, 5.74) is 3.86. The van der Waals surface area contributed by atoms with Crippen molar-refractivity contribution in [2.75, 3.05) is 19.1 Å². The molecular formula is C22H21ClN6O. The first-order chi connectivity index (χ1) is 14.5. The Morgan fingerprint density at radius 2 is 1.87 bits per heavy atom. The van der Waals surface area contributed by atoms with Crippen LogP contribution in [0.25, 0.3) is 5.69 Å². The second-order valence-electron chi connectivity index (χ2n) is 6.84. The van der Waals surface area contributed by atoms with E-state index in [1.807, 2.05) is 72.1 Å². The molecular weight excluding hydrogens is 400 g/mol. The van der Waals surface area contributed by atoms with Gasteiger partial charge in [-0.1, -0.05) is 17.7 Å². The van der Waals surface area contributed by atoms with E-state index < -0.39 is 0 Å². The van der Waals surface area contributed by atoms with Gasteiger partial charge in [0.25, 0.3) is 0 Å². The van der Waals surface area contributed by atoms with Gasteiger partial charge < -0.3 is 14.2 Å². The van der Waals surface area contributed by atoms with E-state index in [-0.39, 0.29) is 0 Å². The Hall–Kier alpha value is -3.45. The van der Waals surface area contributed by atoms with Crippen LogP contribution in [0.3, 0.4) is 0 Å². The van der Waals surface area contributed by atoms with Gasteiger partial charge in [0.15, 0.2) is 0 Å². The van der Waals surface area contributed by atoms with E-state index in [0.717, 1.165) is 28.4 Å². The normalized spacial score (nSPS) is 10.8. The number of rotatable bonds is 6. The molecule has 0 amide bonds. The van der Waals surface area contributed by atoms with Crippen molar-refractivity contribution in [1.29, 1.82) is 0 Å². The summed E-state index contributed by atoms with van der Waals surface area (Å²) >= 11 is 5.98. The molecule has 7 nitrogen and oxygen atoms in total. The van der Waals surface area contributed by atoms with Crippen molar-refractivity contribution in [3.63, 3.8) is 0 Å². The largest absolute Gasteiger partial charge is 0.495 e. The van der Waals surface area contributed by atoms with E-state index in [4.69, 9.17) is 16.3 Å². The molecule has 4 aromatic rings. The predicted molar refractivity (Wildman–Crippen MR) is 117 cm³/mol. The molecule has 30 heavy (non-hydrogen) atoms. The summed E-state index contributed by atoms with van der Waals surface area (Å²) in [7, 11) is 3.57. The van der Waals surface area contributed by atoms with Gasteiger partial charge in [0, 0.05) is 30.4 Å². The van der Waals surface area contributed by atoms with Crippen molar-refractivity contribution in [1.82, 2.24) is 24.5 Å². The van der Waals surface area contributed by atoms with Gasteiger partial charge in [-0.25, -0.2) is 15.0 Å². The zero-order valence-electron chi connectivity index (χ0n) is 17.0. The summed E-state index contributed by atoms with van der Waals surface area (Å²) in [6, 6.07) is 13.6. The predicted octanol–water partition coefficient (Wildman–Crippen LogP) is 4.39. The van der Waals surface area contributed by atoms with Crippen LogP contribution in [0.15, 0.2) is 61.3 Å². The molecule has 0 bridgehead atoms. The van der Waals surface area contributed by atoms with Crippen LogP contribution >= 0.6 is 11.6 Å². The lowest BCUT2D eigenvalue weighted by molar-refractivity contribution is 0.412. The van der Waals surface area contributed by atoms with Crippen molar-refractivity contribution >= 4 is 23.2 Å². The number of benzene rings is 2. The maximum absolute atomic E-state index is 5.98. The summed E-state index contributed by atoms with van der Waals surface area (Å²) in [6.45, 7) is 1.96. The molecule has 8 heteroatoms. The minimum atomic E-state index is 0.559. The lowest BCUT2D eigenvalue weighted by atomic mass is 10.1. The Kier molecular flexibility index (Phi) is 5.63. The van der Waals surface area contributed by atoms with E-state index in [1.165, 1.54) is 6.33 Å². The quantitative estimate of drug-likeness (QED) is 0.461. The standard InChI is InChI=1S/C22H21ClN6O/c1-15-12-29(14-26-15)19-9-4-16(10-20(19)30-3)11-21-24-13-25-22(27-21)28(2)18-7-5-17(23)6-8-18/h4-10,12-14H,11H2,1-3H3. The number of ether oxygens (including phenoxy) is 1. The van der Waals surface area contributed by atoms with Gasteiger partial charge in [0.2, 0.25) is 5.95 Å². The number of anilines is 2. The highest BCUT2D eigenvalue weighted by Crippen LogP contribution is 2.26. The van der Waals surface area contributed by atoms with E-state index in [2.05, 4.69) is 19.9 Å². The summed E-state index contributed by atoms with van der Waals surface area (Å²) in [6.07, 6.45) is 5.83. The van der Waals surface area contributed by atoms with Gasteiger partial charge in [-0.3, -0.25) is 0 Å². The van der Waals surface area contributed by atoms with Crippen LogP contribution in [0.2, 0.25) is 5.02 Å². The second kappa shape index (κ2) is 8.51. The highest BCUT2D eigenvalue weighted by atomic mass is 35.5. The number of aryl methyl sites for hydroxylation is 1. The zero-order valence-corrected chi connectivity index (χ0v) is 17.7. The van der Waals surface area contributed by atoms with Crippen LogP contribution in [-0.4, -0.2) is 38.7 Å². The molecule has 0 unspecified atom stereocenters. The average Bonchev–Trinajstić information content (AvgIpc) is 3.20. The average molecular weight is 421 g/mol. The molecule has 4 rings (SSSR count). The fraction of sp³-hybridized carbons (Fsp3) is 0.182. The van der Waals surface area contributed by atoms with Crippen molar-refractivity contribution < 1.29 is 4.74 Å². The highest BCUT2D eigenvalue weighted by Gasteiger charge is 2.11. The molecule has 0 aliphatic rings. The van der Waals surface area contributed by atoms with Gasteiger partial charge in [-0.2, -0.15) is 4.98 Å². The number of hydrogen-bond acceptors (Lipinski definition) is 6. The second-order valence-corrected chi connectivity index (χ2v) is 7.28. The summed E-state index contributed by atoms with van der Waals surface area (Å²) < 4.78 is 7.54. The summed E-state index contributed by atoms with van der Waals surface area (Å²) in [4.78, 5) is 19.4. The number of hydrogen-bond donors (Lipinski definition) is 0. The van der Waals surface area contributed by atoms with Crippen LogP contribution < -0.4 is 9.64 Å². The Morgan fingerprint density at radius 1 is 1.07 bits per heavy atom. The highest BCUT2D eigenvalue weighted by molar-refractivity contribution is 6.30. The van der Waals surface area contributed by atoms with E-state index in [1.54, 1.807) is 13.4 Å². The van der Waals surface area contributed by atoms with Crippen molar-refractivity contribution in [3.05, 3.63) is 83.4 Å². The first kappa shape index (κ1) is 19.8. The summed E-state index contributed by atoms with van der Waals surface area (Å²) in [5, 5.41) is 0.687. The maximum atomic E-state index is 5.98. The van der Waals surface area contributed by atoms with Crippen LogP contribution in [0.5, 0.6) is 5.75 Å². The monoisotopic (exact) mass is 420 g/mol. The Labute approximate surface area is 180 Å². The zero-order chi connectivity index (χ0) is 21.1. The molecule has 152 valence electrons. The van der Waals surface area contributed by atoms with Gasteiger partial charge in [-0.05, 0) is 48.9 Å². The number of halogens is 1. The van der Waals surface area contributed by atoms with Crippen LogP contribution in [0.4, 0.5) is 11.6 Å². The van der Waals surface area contributed by atoms with E-state index in [9.17, 15) is 0 Å². The Bertz CT molecular complexity index is 1160. The van der Waals surface area contributed by atoms with Crippen molar-refractivity contribution in [3.8, 4) is 11.4 Å². The molecule has 0 spiro atoms. The molecule has 0 atom stereocenters. The smallest absolute Gasteiger partial charge is 0.232 e. The Morgan fingerprint density at radius 3 is 2.57 bits per heavy atom. The third kappa shape index (κ3) is 4.26. The van der Waals surface area contributed by atoms with Gasteiger partial charge in [0.05, 0.1) is 24.8 Å². The topological polar surface area (TPSA) is 69.0 Å². The SMILES string of the molecule is COc1cc(Cc2ncnc(N(C)c3ccc(Cl)cc3)n2)ccc1-n1cnc(C)c1. The van der Waals surface area contributed by atoms with Crippen LogP contribution in [0, 0.1) is 6.92 Å². The lowest BCUT2D eigenvalue weighted by Crippen LogP contribution is -2.14. The molecule has 0 saturated heterocycles. The molecule has 0 N–H and O–H groups in total. The molecule has 2 aromatic carbocycles. The lowest BCUT2D eigenvalue weighted by Gasteiger charge is -2.17. The number of aromatic nitrogens is 5.